The maximum absolute atomic E-state index is 12.7. The number of nitrogens with one attached hydrogen (secondary N) is 1. The Hall–Kier alpha value is -2.65. The number of esters is 2. The molecule has 6 atom stereocenters. The number of rotatable bonds is 3. The fraction of sp³-hybridized carbons (Fsp3) is 0.579. The minimum absolute atomic E-state index is 0.0425. The molecule has 10 heteroatoms. The van der Waals surface area contributed by atoms with Crippen LogP contribution in [0.25, 0.3) is 0 Å². The van der Waals surface area contributed by atoms with Crippen LogP contribution in [0.15, 0.2) is 24.3 Å². The van der Waals surface area contributed by atoms with Crippen molar-refractivity contribution < 1.29 is 41.8 Å². The lowest BCUT2D eigenvalue weighted by Crippen LogP contribution is -2.50. The second-order valence-corrected chi connectivity index (χ2v) is 7.83. The van der Waals surface area contributed by atoms with Gasteiger partial charge in [0.25, 0.3) is 0 Å². The van der Waals surface area contributed by atoms with E-state index in [-0.39, 0.29) is 23.2 Å². The molecule has 0 aromatic carbocycles. The van der Waals surface area contributed by atoms with Gasteiger partial charge in [-0.15, -0.1) is 0 Å². The summed E-state index contributed by atoms with van der Waals surface area (Å²) in [6, 6.07) is 0. The number of alkyl halides is 3. The van der Waals surface area contributed by atoms with E-state index in [0.29, 0.717) is 6.42 Å². The largest absolute Gasteiger partial charge is 0.471 e. The Morgan fingerprint density at radius 1 is 1.38 bits per heavy atom. The van der Waals surface area contributed by atoms with E-state index in [0.717, 1.165) is 0 Å². The number of ether oxygens (including phenoxy) is 2. The molecule has 0 radical (unpaired) electrons. The molecule has 0 aromatic heterocycles. The summed E-state index contributed by atoms with van der Waals surface area (Å²) < 4.78 is 47.8. The number of carbonyl (C=O) groups is 4. The molecule has 158 valence electrons. The van der Waals surface area contributed by atoms with Crippen LogP contribution in [-0.2, 0) is 28.7 Å². The molecule has 1 saturated heterocycles. The third-order valence-electron chi connectivity index (χ3n) is 6.05. The van der Waals surface area contributed by atoms with Crippen molar-refractivity contribution in [3.63, 3.8) is 0 Å². The van der Waals surface area contributed by atoms with Crippen molar-refractivity contribution in [3.05, 3.63) is 24.3 Å². The van der Waals surface area contributed by atoms with Crippen molar-refractivity contribution in [2.24, 2.45) is 23.2 Å². The highest BCUT2D eigenvalue weighted by Gasteiger charge is 2.62. The Bertz CT molecular complexity index is 819. The molecule has 1 heterocycles. The third kappa shape index (κ3) is 3.44. The van der Waals surface area contributed by atoms with E-state index >= 15 is 0 Å². The van der Waals surface area contributed by atoms with Gasteiger partial charge in [0.15, 0.2) is 5.78 Å². The van der Waals surface area contributed by atoms with E-state index in [1.807, 2.05) is 6.92 Å². The van der Waals surface area contributed by atoms with Gasteiger partial charge < -0.3 is 14.8 Å². The van der Waals surface area contributed by atoms with Gasteiger partial charge in [-0.25, -0.2) is 4.79 Å². The lowest BCUT2D eigenvalue weighted by Gasteiger charge is -2.39. The van der Waals surface area contributed by atoms with Crippen LogP contribution in [0.5, 0.6) is 0 Å². The van der Waals surface area contributed by atoms with Crippen molar-refractivity contribution in [3.8, 4) is 0 Å². The normalized spacial score (nSPS) is 36.2. The summed E-state index contributed by atoms with van der Waals surface area (Å²) in [7, 11) is 0. The third-order valence-corrected chi connectivity index (χ3v) is 6.05. The standard InChI is InChI=1S/C19H20F3NO6/c1-8-6-11-14(9(2)16(26)28-11)15(18(3)10(8)4-5-12(18)24)29-13(25)7-23-17(27)19(20,21)22/h4-5,8,10-11,14-15H,2,6-7H2,1,3H3,(H,23,27)/t8-,10+,11-,14-,15+,18+/m1/s1. The quantitative estimate of drug-likeness (QED) is 0.554. The second kappa shape index (κ2) is 7.00. The molecule has 0 aromatic rings. The van der Waals surface area contributed by atoms with E-state index in [1.54, 1.807) is 13.0 Å². The maximum atomic E-state index is 12.7. The van der Waals surface area contributed by atoms with Crippen LogP contribution < -0.4 is 5.32 Å². The number of fused-ring (bicyclic) bond motifs is 2. The summed E-state index contributed by atoms with van der Waals surface area (Å²) in [6.07, 6.45) is -3.49. The molecule has 0 bridgehead atoms. The van der Waals surface area contributed by atoms with Crippen molar-refractivity contribution in [2.45, 2.75) is 38.7 Å². The fourth-order valence-corrected chi connectivity index (χ4v) is 4.58. The highest BCUT2D eigenvalue weighted by Crippen LogP contribution is 2.54. The molecule has 1 amide bonds. The first kappa shape index (κ1) is 21.1. The van der Waals surface area contributed by atoms with Gasteiger partial charge in [-0.05, 0) is 31.3 Å². The van der Waals surface area contributed by atoms with Crippen molar-refractivity contribution >= 4 is 23.6 Å². The molecule has 1 N–H and O–H groups in total. The number of hydrogen-bond acceptors (Lipinski definition) is 6. The van der Waals surface area contributed by atoms with E-state index in [4.69, 9.17) is 9.47 Å². The smallest absolute Gasteiger partial charge is 0.459 e. The number of hydrogen-bond donors (Lipinski definition) is 1. The van der Waals surface area contributed by atoms with Crippen LogP contribution >= 0.6 is 0 Å². The van der Waals surface area contributed by atoms with Crippen molar-refractivity contribution in [1.29, 1.82) is 0 Å². The van der Waals surface area contributed by atoms with Gasteiger partial charge in [0.1, 0.15) is 18.8 Å². The van der Waals surface area contributed by atoms with Gasteiger partial charge in [0.05, 0.1) is 11.3 Å². The molecule has 3 rings (SSSR count). The predicted molar refractivity (Wildman–Crippen MR) is 91.0 cm³/mol. The number of amides is 1. The van der Waals surface area contributed by atoms with E-state index < -0.39 is 54.1 Å². The molecule has 0 unspecified atom stereocenters. The lowest BCUT2D eigenvalue weighted by atomic mass is 9.67. The number of ketones is 1. The molecule has 1 aliphatic heterocycles. The summed E-state index contributed by atoms with van der Waals surface area (Å²) in [6.45, 7) is 6.15. The first-order chi connectivity index (χ1) is 13.4. The van der Waals surface area contributed by atoms with Crippen LogP contribution in [0.3, 0.4) is 0 Å². The van der Waals surface area contributed by atoms with Gasteiger partial charge in [-0.1, -0.05) is 19.6 Å². The summed E-state index contributed by atoms with van der Waals surface area (Å²) >= 11 is 0. The van der Waals surface area contributed by atoms with E-state index in [1.165, 1.54) is 11.4 Å². The monoisotopic (exact) mass is 415 g/mol. The minimum atomic E-state index is -5.15. The SMILES string of the molecule is C=C1C(=O)O[C@@H]2C[C@@H](C)[C@@H]3C=CC(=O)[C@@]3(C)[C@@H](OC(=O)CNC(=O)C(F)(F)F)[C@H]12. The zero-order chi connectivity index (χ0) is 21.7. The van der Waals surface area contributed by atoms with E-state index in [2.05, 4.69) is 6.58 Å². The molecule has 7 nitrogen and oxygen atoms in total. The molecule has 0 spiro atoms. The van der Waals surface area contributed by atoms with Crippen LogP contribution in [0, 0.1) is 23.2 Å². The van der Waals surface area contributed by atoms with Crippen molar-refractivity contribution in [1.82, 2.24) is 5.32 Å². The molecule has 3 aliphatic rings. The second-order valence-electron chi connectivity index (χ2n) is 7.83. The predicted octanol–water partition coefficient (Wildman–Crippen LogP) is 1.48. The fourth-order valence-electron chi connectivity index (χ4n) is 4.58. The highest BCUT2D eigenvalue weighted by atomic mass is 19.4. The Labute approximate surface area is 164 Å². The molecule has 2 aliphatic carbocycles. The topological polar surface area (TPSA) is 98.8 Å². The molecular formula is C19H20F3NO6. The first-order valence-electron chi connectivity index (χ1n) is 9.04. The summed E-state index contributed by atoms with van der Waals surface area (Å²) in [5.41, 5.74) is -1.19. The van der Waals surface area contributed by atoms with Crippen LogP contribution in [0.2, 0.25) is 0 Å². The molecular weight excluding hydrogens is 395 g/mol. The molecule has 2 fully saturated rings. The Kier molecular flexibility index (Phi) is 5.08. The summed E-state index contributed by atoms with van der Waals surface area (Å²) in [5.74, 6) is -5.66. The average Bonchev–Trinajstić information content (AvgIpc) is 3.04. The van der Waals surface area contributed by atoms with Crippen LogP contribution in [0.4, 0.5) is 13.2 Å². The zero-order valence-corrected chi connectivity index (χ0v) is 15.7. The highest BCUT2D eigenvalue weighted by molar-refractivity contribution is 5.99. The van der Waals surface area contributed by atoms with Crippen LogP contribution in [0.1, 0.15) is 20.3 Å². The van der Waals surface area contributed by atoms with Gasteiger partial charge in [-0.3, -0.25) is 14.4 Å². The maximum Gasteiger partial charge on any atom is 0.471 e. The number of carbonyl (C=O) groups excluding carboxylic acids is 4. The van der Waals surface area contributed by atoms with Gasteiger partial charge >= 0.3 is 24.0 Å². The first-order valence-corrected chi connectivity index (χ1v) is 9.04. The summed E-state index contributed by atoms with van der Waals surface area (Å²) in [5, 5.41) is 1.44. The molecule has 1 saturated carbocycles. The van der Waals surface area contributed by atoms with Gasteiger partial charge in [0, 0.05) is 5.57 Å². The van der Waals surface area contributed by atoms with Crippen LogP contribution in [-0.4, -0.2) is 48.6 Å². The Balaban J connectivity index is 1.88. The average molecular weight is 415 g/mol. The van der Waals surface area contributed by atoms with E-state index in [9.17, 15) is 32.3 Å². The Morgan fingerprint density at radius 3 is 2.66 bits per heavy atom. The number of allylic oxidation sites excluding steroid dienone is 2. The summed E-state index contributed by atoms with van der Waals surface area (Å²) in [4.78, 5) is 48.0. The number of halogens is 3. The zero-order valence-electron chi connectivity index (χ0n) is 15.7. The Morgan fingerprint density at radius 2 is 2.03 bits per heavy atom. The lowest BCUT2D eigenvalue weighted by molar-refractivity contribution is -0.176. The molecule has 29 heavy (non-hydrogen) atoms. The minimum Gasteiger partial charge on any atom is -0.459 e. The van der Waals surface area contributed by atoms with Gasteiger partial charge in [-0.2, -0.15) is 13.2 Å². The van der Waals surface area contributed by atoms with Gasteiger partial charge in [0.2, 0.25) is 0 Å². The van der Waals surface area contributed by atoms with Crippen molar-refractivity contribution in [2.75, 3.05) is 6.54 Å².